The van der Waals surface area contributed by atoms with Crippen molar-refractivity contribution in [2.45, 2.75) is 13.8 Å². The average Bonchev–Trinajstić information content (AvgIpc) is 2.32. The van der Waals surface area contributed by atoms with Gasteiger partial charge in [-0.3, -0.25) is 4.98 Å². The summed E-state index contributed by atoms with van der Waals surface area (Å²) < 4.78 is 0. The Kier molecular flexibility index (Phi) is 3.53. The highest BCUT2D eigenvalue weighted by Crippen LogP contribution is 2.20. The van der Waals surface area contributed by atoms with Gasteiger partial charge in [-0.1, -0.05) is 12.2 Å². The van der Waals surface area contributed by atoms with Crippen molar-refractivity contribution in [2.75, 3.05) is 5.32 Å². The average molecular weight is 258 g/mol. The molecular formula is C13H14N4S. The van der Waals surface area contributed by atoms with Crippen LogP contribution in [0.5, 0.6) is 0 Å². The van der Waals surface area contributed by atoms with Gasteiger partial charge in [0.25, 0.3) is 0 Å². The van der Waals surface area contributed by atoms with Crippen LogP contribution in [0.15, 0.2) is 30.5 Å². The van der Waals surface area contributed by atoms with Gasteiger partial charge in [-0.2, -0.15) is 0 Å². The van der Waals surface area contributed by atoms with Crippen LogP contribution in [0.2, 0.25) is 0 Å². The first-order chi connectivity index (χ1) is 8.58. The zero-order valence-electron chi connectivity index (χ0n) is 10.3. The number of hydrogen-bond acceptors (Lipinski definition) is 4. The first-order valence-corrected chi connectivity index (χ1v) is 5.95. The third-order valence-corrected chi connectivity index (χ3v) is 2.78. The van der Waals surface area contributed by atoms with Gasteiger partial charge in [0.05, 0.1) is 16.9 Å². The molecule has 92 valence electrons. The second kappa shape index (κ2) is 5.10. The normalized spacial score (nSPS) is 10.1. The molecule has 2 rings (SSSR count). The molecule has 0 bridgehead atoms. The number of nitrogens with zero attached hydrogens (tertiary/aromatic N) is 2. The molecule has 0 saturated carbocycles. The fourth-order valence-corrected chi connectivity index (χ4v) is 1.76. The Morgan fingerprint density at radius 1 is 1.28 bits per heavy atom. The van der Waals surface area contributed by atoms with Crippen LogP contribution in [0.1, 0.15) is 17.0 Å². The number of aromatic nitrogens is 2. The molecule has 0 aliphatic carbocycles. The van der Waals surface area contributed by atoms with E-state index >= 15 is 0 Å². The molecule has 2 heterocycles. The highest BCUT2D eigenvalue weighted by atomic mass is 32.1. The first kappa shape index (κ1) is 12.4. The van der Waals surface area contributed by atoms with Gasteiger partial charge in [-0.25, -0.2) is 4.98 Å². The number of nitrogens with two attached hydrogens (primary N) is 1. The summed E-state index contributed by atoms with van der Waals surface area (Å²) in [6.45, 7) is 3.85. The van der Waals surface area contributed by atoms with E-state index < -0.39 is 0 Å². The van der Waals surface area contributed by atoms with Gasteiger partial charge >= 0.3 is 0 Å². The number of pyridine rings is 2. The predicted molar refractivity (Wildman–Crippen MR) is 77.1 cm³/mol. The number of nitrogens with one attached hydrogen (secondary N) is 1. The van der Waals surface area contributed by atoms with Crippen molar-refractivity contribution in [2.24, 2.45) is 5.73 Å². The molecule has 18 heavy (non-hydrogen) atoms. The molecule has 0 aliphatic rings. The molecule has 2 aromatic heterocycles. The first-order valence-electron chi connectivity index (χ1n) is 5.54. The summed E-state index contributed by atoms with van der Waals surface area (Å²) in [5.74, 6) is 0.665. The molecule has 0 fully saturated rings. The number of thiocarbonyl (C=S) groups is 1. The van der Waals surface area contributed by atoms with Crippen molar-refractivity contribution in [3.63, 3.8) is 0 Å². The van der Waals surface area contributed by atoms with E-state index in [1.54, 1.807) is 6.20 Å². The van der Waals surface area contributed by atoms with E-state index in [2.05, 4.69) is 15.3 Å². The summed E-state index contributed by atoms with van der Waals surface area (Å²) in [4.78, 5) is 8.97. The molecule has 0 amide bonds. The van der Waals surface area contributed by atoms with E-state index in [1.807, 2.05) is 38.1 Å². The molecule has 0 atom stereocenters. The fraction of sp³-hybridized carbons (Fsp3) is 0.154. The van der Waals surface area contributed by atoms with E-state index in [4.69, 9.17) is 18.0 Å². The molecule has 0 saturated heterocycles. The summed E-state index contributed by atoms with van der Waals surface area (Å²) in [7, 11) is 0. The van der Waals surface area contributed by atoms with E-state index in [0.29, 0.717) is 10.8 Å². The second-order valence-corrected chi connectivity index (χ2v) is 4.41. The second-order valence-electron chi connectivity index (χ2n) is 3.97. The van der Waals surface area contributed by atoms with Crippen LogP contribution in [-0.4, -0.2) is 15.0 Å². The van der Waals surface area contributed by atoms with Gasteiger partial charge in [0.15, 0.2) is 0 Å². The lowest BCUT2D eigenvalue weighted by Crippen LogP contribution is -2.13. The van der Waals surface area contributed by atoms with Crippen LogP contribution in [0.4, 0.5) is 11.5 Å². The molecule has 0 spiro atoms. The summed E-state index contributed by atoms with van der Waals surface area (Å²) in [6.07, 6.45) is 1.75. The number of hydrogen-bond donors (Lipinski definition) is 2. The molecule has 0 unspecified atom stereocenters. The molecular weight excluding hydrogens is 244 g/mol. The molecule has 2 aromatic rings. The lowest BCUT2D eigenvalue weighted by Gasteiger charge is -2.12. The van der Waals surface area contributed by atoms with Gasteiger partial charge in [0, 0.05) is 11.9 Å². The lowest BCUT2D eigenvalue weighted by atomic mass is 10.2. The highest BCUT2D eigenvalue weighted by Gasteiger charge is 2.08. The van der Waals surface area contributed by atoms with Crippen molar-refractivity contribution in [3.8, 4) is 0 Å². The number of anilines is 2. The molecule has 5 heteroatoms. The summed E-state index contributed by atoms with van der Waals surface area (Å²) in [5, 5.41) is 3.22. The number of aryl methyl sites for hydroxylation is 2. The summed E-state index contributed by atoms with van der Waals surface area (Å²) in [5.41, 5.74) is 9.12. The Hall–Kier alpha value is -2.01. The fourth-order valence-electron chi connectivity index (χ4n) is 1.59. The third kappa shape index (κ3) is 2.62. The molecule has 0 aliphatic heterocycles. The zero-order chi connectivity index (χ0) is 13.1. The Morgan fingerprint density at radius 2 is 2.06 bits per heavy atom. The smallest absolute Gasteiger partial charge is 0.140 e. The Morgan fingerprint density at radius 3 is 2.72 bits per heavy atom. The van der Waals surface area contributed by atoms with Crippen LogP contribution >= 0.6 is 12.2 Å². The van der Waals surface area contributed by atoms with E-state index in [-0.39, 0.29) is 0 Å². The van der Waals surface area contributed by atoms with Gasteiger partial charge in [0.1, 0.15) is 10.8 Å². The maximum atomic E-state index is 5.69. The maximum Gasteiger partial charge on any atom is 0.140 e. The van der Waals surface area contributed by atoms with Crippen molar-refractivity contribution in [1.82, 2.24) is 9.97 Å². The number of rotatable bonds is 3. The Balaban J connectivity index is 2.42. The van der Waals surface area contributed by atoms with Crippen LogP contribution in [-0.2, 0) is 0 Å². The van der Waals surface area contributed by atoms with E-state index in [1.165, 1.54) is 0 Å². The summed E-state index contributed by atoms with van der Waals surface area (Å²) >= 11 is 5.02. The quantitative estimate of drug-likeness (QED) is 0.828. The molecule has 0 aromatic carbocycles. The van der Waals surface area contributed by atoms with Crippen LogP contribution in [0.25, 0.3) is 0 Å². The van der Waals surface area contributed by atoms with E-state index in [0.717, 1.165) is 22.6 Å². The molecule has 4 nitrogen and oxygen atoms in total. The highest BCUT2D eigenvalue weighted by molar-refractivity contribution is 7.80. The topological polar surface area (TPSA) is 63.8 Å². The van der Waals surface area contributed by atoms with Crippen LogP contribution in [0.3, 0.4) is 0 Å². The van der Waals surface area contributed by atoms with E-state index in [9.17, 15) is 0 Å². The van der Waals surface area contributed by atoms with Crippen LogP contribution in [0, 0.1) is 13.8 Å². The monoisotopic (exact) mass is 258 g/mol. The van der Waals surface area contributed by atoms with Crippen LogP contribution < -0.4 is 11.1 Å². The lowest BCUT2D eigenvalue weighted by molar-refractivity contribution is 1.16. The predicted octanol–water partition coefficient (Wildman–Crippen LogP) is 2.47. The minimum absolute atomic E-state index is 0.326. The maximum absolute atomic E-state index is 5.69. The van der Waals surface area contributed by atoms with Crippen molar-refractivity contribution >= 4 is 28.7 Å². The SMILES string of the molecule is Cc1ccc(C(N)=S)c(Nc2cccnc2C)n1. The van der Waals surface area contributed by atoms with Crippen molar-refractivity contribution < 1.29 is 0 Å². The largest absolute Gasteiger partial charge is 0.389 e. The van der Waals surface area contributed by atoms with Gasteiger partial charge < -0.3 is 11.1 Å². The molecule has 3 N–H and O–H groups in total. The van der Waals surface area contributed by atoms with Gasteiger partial charge in [-0.15, -0.1) is 0 Å². The molecule has 0 radical (unpaired) electrons. The minimum atomic E-state index is 0.326. The summed E-state index contributed by atoms with van der Waals surface area (Å²) in [6, 6.07) is 7.57. The standard InChI is InChI=1S/C13H14N4S/c1-8-5-6-10(12(14)18)13(16-8)17-11-4-3-7-15-9(11)2/h3-7H,1-2H3,(H2,14,18)(H,16,17). The zero-order valence-corrected chi connectivity index (χ0v) is 11.1. The van der Waals surface area contributed by atoms with Gasteiger partial charge in [0.2, 0.25) is 0 Å². The van der Waals surface area contributed by atoms with Gasteiger partial charge in [-0.05, 0) is 38.1 Å². The van der Waals surface area contributed by atoms with Crippen molar-refractivity contribution in [3.05, 3.63) is 47.4 Å². The Labute approximate surface area is 111 Å². The Bertz CT molecular complexity index is 595. The van der Waals surface area contributed by atoms with Crippen molar-refractivity contribution in [1.29, 1.82) is 0 Å². The third-order valence-electron chi connectivity index (χ3n) is 2.56. The minimum Gasteiger partial charge on any atom is -0.389 e.